The van der Waals surface area contributed by atoms with Gasteiger partial charge < -0.3 is 14.5 Å². The van der Waals surface area contributed by atoms with Gasteiger partial charge in [0.05, 0.1) is 11.7 Å². The zero-order chi connectivity index (χ0) is 15.2. The lowest BCUT2D eigenvalue weighted by molar-refractivity contribution is 0.0217. The van der Waals surface area contributed by atoms with Crippen LogP contribution in [0.1, 0.15) is 26.3 Å². The molecule has 0 saturated carbocycles. The Hall–Kier alpha value is -1.78. The van der Waals surface area contributed by atoms with Crippen LogP contribution in [0.5, 0.6) is 0 Å². The Morgan fingerprint density at radius 2 is 2.10 bits per heavy atom. The van der Waals surface area contributed by atoms with Gasteiger partial charge in [-0.05, 0) is 38.8 Å². The van der Waals surface area contributed by atoms with E-state index < -0.39 is 5.60 Å². The lowest BCUT2D eigenvalue weighted by Gasteiger charge is -2.39. The molecule has 2 aliphatic rings. The van der Waals surface area contributed by atoms with E-state index in [0.29, 0.717) is 25.3 Å². The first-order valence-electron chi connectivity index (χ1n) is 7.37. The van der Waals surface area contributed by atoms with Crippen molar-refractivity contribution in [2.24, 2.45) is 0 Å². The van der Waals surface area contributed by atoms with Gasteiger partial charge in [0, 0.05) is 19.6 Å². The number of hydrogen-bond donors (Lipinski definition) is 0. The summed E-state index contributed by atoms with van der Waals surface area (Å²) < 4.78 is 19.4. The predicted octanol–water partition coefficient (Wildman–Crippen LogP) is 2.81. The Labute approximate surface area is 124 Å². The van der Waals surface area contributed by atoms with Crippen LogP contribution in [-0.4, -0.2) is 42.3 Å². The third-order valence-electron chi connectivity index (χ3n) is 3.95. The van der Waals surface area contributed by atoms with E-state index in [2.05, 4.69) is 4.90 Å². The number of piperazine rings is 1. The molecular weight excluding hydrogens is 271 g/mol. The third kappa shape index (κ3) is 2.69. The monoisotopic (exact) mass is 292 g/mol. The molecule has 2 heterocycles. The summed E-state index contributed by atoms with van der Waals surface area (Å²) in [5, 5.41) is 0. The number of amides is 1. The second kappa shape index (κ2) is 4.90. The number of halogens is 1. The highest BCUT2D eigenvalue weighted by Gasteiger charge is 2.38. The highest BCUT2D eigenvalue weighted by Crippen LogP contribution is 2.36. The number of benzene rings is 1. The number of hydrogen-bond acceptors (Lipinski definition) is 3. The molecule has 4 nitrogen and oxygen atoms in total. The van der Waals surface area contributed by atoms with Crippen molar-refractivity contribution in [1.82, 2.24) is 4.90 Å². The van der Waals surface area contributed by atoms with Crippen molar-refractivity contribution in [2.75, 3.05) is 24.5 Å². The van der Waals surface area contributed by atoms with Crippen LogP contribution in [0.2, 0.25) is 0 Å². The minimum atomic E-state index is -0.487. The molecule has 1 fully saturated rings. The molecule has 0 N–H and O–H groups in total. The third-order valence-corrected chi connectivity index (χ3v) is 3.95. The molecule has 5 heteroatoms. The summed E-state index contributed by atoms with van der Waals surface area (Å²) >= 11 is 0. The first-order valence-corrected chi connectivity index (χ1v) is 7.37. The van der Waals surface area contributed by atoms with Crippen molar-refractivity contribution in [3.05, 3.63) is 29.6 Å². The predicted molar refractivity (Wildman–Crippen MR) is 79.0 cm³/mol. The van der Waals surface area contributed by atoms with Crippen molar-refractivity contribution < 1.29 is 13.9 Å². The average Bonchev–Trinajstić information content (AvgIpc) is 2.75. The van der Waals surface area contributed by atoms with Gasteiger partial charge in [-0.1, -0.05) is 12.1 Å². The zero-order valence-electron chi connectivity index (χ0n) is 12.7. The average molecular weight is 292 g/mol. The molecule has 114 valence electrons. The normalized spacial score (nSPS) is 21.0. The van der Waals surface area contributed by atoms with Gasteiger partial charge in [-0.3, -0.25) is 0 Å². The van der Waals surface area contributed by atoms with E-state index in [9.17, 15) is 9.18 Å². The van der Waals surface area contributed by atoms with Crippen LogP contribution < -0.4 is 4.90 Å². The molecule has 0 radical (unpaired) electrons. The fourth-order valence-corrected chi connectivity index (χ4v) is 3.12. The van der Waals surface area contributed by atoms with Crippen LogP contribution in [0.4, 0.5) is 14.9 Å². The quantitative estimate of drug-likeness (QED) is 0.737. The fraction of sp³-hybridized carbons (Fsp3) is 0.562. The summed E-state index contributed by atoms with van der Waals surface area (Å²) in [5.41, 5.74) is 1.26. The van der Waals surface area contributed by atoms with E-state index in [4.69, 9.17) is 4.74 Å². The molecule has 1 atom stereocenters. The summed E-state index contributed by atoms with van der Waals surface area (Å²) in [6.45, 7) is 7.39. The van der Waals surface area contributed by atoms with Crippen LogP contribution in [0.3, 0.4) is 0 Å². The summed E-state index contributed by atoms with van der Waals surface area (Å²) in [5.74, 6) is -0.166. The minimum absolute atomic E-state index is 0.151. The molecule has 1 aromatic rings. The standard InChI is InChI=1S/C16H21FN2O2/c1-16(2,3)21-15(20)18-7-8-19-12(10-18)9-11-5-4-6-13(17)14(11)19/h4-6,12H,7-10H2,1-3H3. The highest BCUT2D eigenvalue weighted by atomic mass is 19.1. The van der Waals surface area contributed by atoms with Gasteiger partial charge in [0.1, 0.15) is 11.4 Å². The maximum absolute atomic E-state index is 14.0. The van der Waals surface area contributed by atoms with Gasteiger partial charge in [0.15, 0.2) is 0 Å². The molecule has 1 unspecified atom stereocenters. The number of anilines is 1. The maximum Gasteiger partial charge on any atom is 0.410 e. The van der Waals surface area contributed by atoms with Crippen LogP contribution in [0, 0.1) is 5.82 Å². The first-order chi connectivity index (χ1) is 9.85. The van der Waals surface area contributed by atoms with E-state index in [1.54, 1.807) is 11.0 Å². The van der Waals surface area contributed by atoms with Gasteiger partial charge in [-0.25, -0.2) is 9.18 Å². The molecule has 0 aliphatic carbocycles. The van der Waals surface area contributed by atoms with E-state index >= 15 is 0 Å². The Bertz CT molecular complexity index is 568. The molecular formula is C16H21FN2O2. The minimum Gasteiger partial charge on any atom is -0.444 e. The van der Waals surface area contributed by atoms with Gasteiger partial charge in [0.2, 0.25) is 0 Å². The molecule has 0 bridgehead atoms. The number of carbonyl (C=O) groups is 1. The van der Waals surface area contributed by atoms with Crippen molar-refractivity contribution in [1.29, 1.82) is 0 Å². The summed E-state index contributed by atoms with van der Waals surface area (Å²) in [6, 6.07) is 5.37. The molecule has 1 saturated heterocycles. The number of rotatable bonds is 0. The zero-order valence-corrected chi connectivity index (χ0v) is 12.7. The lowest BCUT2D eigenvalue weighted by Crippen LogP contribution is -2.54. The number of fused-ring (bicyclic) bond motifs is 3. The van der Waals surface area contributed by atoms with E-state index in [-0.39, 0.29) is 18.0 Å². The van der Waals surface area contributed by atoms with Crippen LogP contribution in [0.15, 0.2) is 18.2 Å². The second-order valence-electron chi connectivity index (χ2n) is 6.73. The Balaban J connectivity index is 1.72. The topological polar surface area (TPSA) is 32.8 Å². The Kier molecular flexibility index (Phi) is 3.30. The van der Waals surface area contributed by atoms with E-state index in [1.807, 2.05) is 26.8 Å². The number of carbonyl (C=O) groups excluding carboxylic acids is 1. The van der Waals surface area contributed by atoms with Crippen molar-refractivity contribution >= 4 is 11.8 Å². The summed E-state index contributed by atoms with van der Waals surface area (Å²) in [4.78, 5) is 16.0. The summed E-state index contributed by atoms with van der Waals surface area (Å²) in [7, 11) is 0. The van der Waals surface area contributed by atoms with Crippen molar-refractivity contribution in [2.45, 2.75) is 38.8 Å². The molecule has 3 rings (SSSR count). The molecule has 2 aliphatic heterocycles. The van der Waals surface area contributed by atoms with Crippen LogP contribution in [0.25, 0.3) is 0 Å². The fourth-order valence-electron chi connectivity index (χ4n) is 3.12. The number of para-hydroxylation sites is 1. The van der Waals surface area contributed by atoms with Crippen molar-refractivity contribution in [3.8, 4) is 0 Å². The lowest BCUT2D eigenvalue weighted by atomic mass is 10.1. The smallest absolute Gasteiger partial charge is 0.410 e. The molecule has 0 spiro atoms. The Morgan fingerprint density at radius 3 is 2.81 bits per heavy atom. The highest BCUT2D eigenvalue weighted by molar-refractivity contribution is 5.70. The molecule has 1 aromatic carbocycles. The first kappa shape index (κ1) is 14.2. The largest absolute Gasteiger partial charge is 0.444 e. The number of nitrogens with zero attached hydrogens (tertiary/aromatic N) is 2. The van der Waals surface area contributed by atoms with Crippen molar-refractivity contribution in [3.63, 3.8) is 0 Å². The SMILES string of the molecule is CC(C)(C)OC(=O)N1CCN2c3c(F)cccc3CC2C1. The van der Waals surface area contributed by atoms with E-state index in [1.165, 1.54) is 6.07 Å². The summed E-state index contributed by atoms with van der Waals surface area (Å²) in [6.07, 6.45) is 0.505. The van der Waals surface area contributed by atoms with Gasteiger partial charge in [0.25, 0.3) is 0 Å². The van der Waals surface area contributed by atoms with Gasteiger partial charge in [-0.2, -0.15) is 0 Å². The van der Waals surface area contributed by atoms with Gasteiger partial charge in [-0.15, -0.1) is 0 Å². The van der Waals surface area contributed by atoms with Gasteiger partial charge >= 0.3 is 6.09 Å². The van der Waals surface area contributed by atoms with E-state index in [0.717, 1.165) is 12.0 Å². The van der Waals surface area contributed by atoms with Crippen LogP contribution >= 0.6 is 0 Å². The number of ether oxygens (including phenoxy) is 1. The van der Waals surface area contributed by atoms with Crippen LogP contribution in [-0.2, 0) is 11.2 Å². The molecule has 0 aromatic heterocycles. The molecule has 21 heavy (non-hydrogen) atoms. The Morgan fingerprint density at radius 1 is 1.33 bits per heavy atom. The maximum atomic E-state index is 14.0. The second-order valence-corrected chi connectivity index (χ2v) is 6.73. The molecule has 1 amide bonds.